The van der Waals surface area contributed by atoms with Crippen molar-refractivity contribution >= 4 is 11.8 Å². The highest BCUT2D eigenvalue weighted by Gasteiger charge is 2.46. The van der Waals surface area contributed by atoms with Gasteiger partial charge in [-0.2, -0.15) is 0 Å². The van der Waals surface area contributed by atoms with E-state index in [9.17, 15) is 9.59 Å². The number of carbonyl (C=O) groups is 2. The van der Waals surface area contributed by atoms with Crippen LogP contribution in [0.3, 0.4) is 0 Å². The lowest BCUT2D eigenvalue weighted by molar-refractivity contribution is -0.155. The molecular formula is C16H28N2O2. The summed E-state index contributed by atoms with van der Waals surface area (Å²) in [4.78, 5) is 26.9. The van der Waals surface area contributed by atoms with Gasteiger partial charge in [-0.25, -0.2) is 0 Å². The molecule has 0 spiro atoms. The molecule has 2 amide bonds. The molecule has 4 nitrogen and oxygen atoms in total. The SMILES string of the molecule is CC1C(=O)NC(C(C)(C)C)C(=O)N1C(C)C1CCCC1. The molecule has 0 bridgehead atoms. The lowest BCUT2D eigenvalue weighted by Crippen LogP contribution is -2.68. The molecule has 1 aliphatic heterocycles. The molecule has 2 aliphatic rings. The molecule has 1 N–H and O–H groups in total. The van der Waals surface area contributed by atoms with Gasteiger partial charge in [-0.1, -0.05) is 33.6 Å². The Balaban J connectivity index is 2.23. The zero-order valence-corrected chi connectivity index (χ0v) is 13.4. The standard InChI is InChI=1S/C16H28N2O2/c1-10(12-8-6-7-9-12)18-11(2)14(19)17-13(15(18)20)16(3,4)5/h10-13H,6-9H2,1-5H3,(H,17,19). The van der Waals surface area contributed by atoms with E-state index in [1.165, 1.54) is 25.7 Å². The van der Waals surface area contributed by atoms with Crippen molar-refractivity contribution in [3.63, 3.8) is 0 Å². The Morgan fingerprint density at radius 1 is 1.20 bits per heavy atom. The quantitative estimate of drug-likeness (QED) is 0.844. The van der Waals surface area contributed by atoms with Crippen LogP contribution in [-0.4, -0.2) is 34.8 Å². The molecule has 1 heterocycles. The Morgan fingerprint density at radius 2 is 1.75 bits per heavy atom. The first-order valence-corrected chi connectivity index (χ1v) is 7.86. The molecule has 1 saturated carbocycles. The zero-order valence-electron chi connectivity index (χ0n) is 13.4. The maximum absolute atomic E-state index is 12.8. The minimum atomic E-state index is -0.407. The van der Waals surface area contributed by atoms with Crippen LogP contribution in [0.15, 0.2) is 0 Å². The van der Waals surface area contributed by atoms with E-state index in [0.717, 1.165) is 0 Å². The van der Waals surface area contributed by atoms with Gasteiger partial charge in [-0.3, -0.25) is 9.59 Å². The van der Waals surface area contributed by atoms with Gasteiger partial charge in [0.15, 0.2) is 0 Å². The topological polar surface area (TPSA) is 49.4 Å². The van der Waals surface area contributed by atoms with Crippen molar-refractivity contribution in [1.82, 2.24) is 10.2 Å². The van der Waals surface area contributed by atoms with E-state index < -0.39 is 6.04 Å². The molecule has 2 fully saturated rings. The molecule has 0 aromatic carbocycles. The molecule has 0 aromatic heterocycles. The average Bonchev–Trinajstić information content (AvgIpc) is 2.86. The fourth-order valence-electron chi connectivity index (χ4n) is 3.60. The predicted molar refractivity (Wildman–Crippen MR) is 79.1 cm³/mol. The van der Waals surface area contributed by atoms with Gasteiger partial charge in [0.1, 0.15) is 12.1 Å². The average molecular weight is 280 g/mol. The van der Waals surface area contributed by atoms with Crippen LogP contribution in [0.1, 0.15) is 60.3 Å². The number of piperazine rings is 1. The highest BCUT2D eigenvalue weighted by Crippen LogP contribution is 2.33. The summed E-state index contributed by atoms with van der Waals surface area (Å²) in [5.41, 5.74) is -0.249. The maximum atomic E-state index is 12.8. The van der Waals surface area contributed by atoms with E-state index in [1.807, 2.05) is 32.6 Å². The third-order valence-corrected chi connectivity index (χ3v) is 4.97. The number of hydrogen-bond acceptors (Lipinski definition) is 2. The number of carbonyl (C=O) groups excluding carboxylic acids is 2. The third kappa shape index (κ3) is 2.70. The van der Waals surface area contributed by atoms with E-state index in [2.05, 4.69) is 12.2 Å². The fourth-order valence-corrected chi connectivity index (χ4v) is 3.60. The second-order valence-corrected chi connectivity index (χ2v) is 7.51. The first kappa shape index (κ1) is 15.3. The minimum absolute atomic E-state index is 0.0191. The fraction of sp³-hybridized carbons (Fsp3) is 0.875. The normalized spacial score (nSPS) is 30.6. The molecule has 1 aliphatic carbocycles. The van der Waals surface area contributed by atoms with Crippen LogP contribution in [0.2, 0.25) is 0 Å². The van der Waals surface area contributed by atoms with Gasteiger partial charge >= 0.3 is 0 Å². The van der Waals surface area contributed by atoms with E-state index in [-0.39, 0.29) is 29.3 Å². The molecule has 114 valence electrons. The van der Waals surface area contributed by atoms with Gasteiger partial charge in [0.05, 0.1) is 0 Å². The highest BCUT2D eigenvalue weighted by atomic mass is 16.2. The van der Waals surface area contributed by atoms with Crippen LogP contribution < -0.4 is 5.32 Å². The lowest BCUT2D eigenvalue weighted by atomic mass is 9.83. The Morgan fingerprint density at radius 3 is 2.25 bits per heavy atom. The Labute approximate surface area is 122 Å². The van der Waals surface area contributed by atoms with E-state index in [1.54, 1.807) is 0 Å². The molecule has 0 radical (unpaired) electrons. The zero-order chi connectivity index (χ0) is 15.1. The highest BCUT2D eigenvalue weighted by molar-refractivity contribution is 5.97. The van der Waals surface area contributed by atoms with Crippen LogP contribution in [0, 0.1) is 11.3 Å². The number of nitrogens with one attached hydrogen (secondary N) is 1. The van der Waals surface area contributed by atoms with Gasteiger partial charge in [-0.05, 0) is 38.0 Å². The van der Waals surface area contributed by atoms with E-state index >= 15 is 0 Å². The van der Waals surface area contributed by atoms with Crippen molar-refractivity contribution in [2.75, 3.05) is 0 Å². The van der Waals surface area contributed by atoms with Crippen molar-refractivity contribution in [2.24, 2.45) is 11.3 Å². The number of hydrogen-bond donors (Lipinski definition) is 1. The van der Waals surface area contributed by atoms with Gasteiger partial charge in [0, 0.05) is 6.04 Å². The van der Waals surface area contributed by atoms with Crippen LogP contribution in [-0.2, 0) is 9.59 Å². The number of amides is 2. The molecule has 3 atom stereocenters. The smallest absolute Gasteiger partial charge is 0.246 e. The van der Waals surface area contributed by atoms with Crippen LogP contribution in [0.4, 0.5) is 0 Å². The van der Waals surface area contributed by atoms with Crippen LogP contribution in [0.25, 0.3) is 0 Å². The summed E-state index contributed by atoms with van der Waals surface area (Å²) in [5.74, 6) is 0.617. The van der Waals surface area contributed by atoms with Crippen molar-refractivity contribution in [3.05, 3.63) is 0 Å². The summed E-state index contributed by atoms with van der Waals surface area (Å²) >= 11 is 0. The monoisotopic (exact) mass is 280 g/mol. The maximum Gasteiger partial charge on any atom is 0.246 e. The van der Waals surface area contributed by atoms with Crippen molar-refractivity contribution in [2.45, 2.75) is 78.4 Å². The number of rotatable bonds is 2. The van der Waals surface area contributed by atoms with Crippen molar-refractivity contribution in [3.8, 4) is 0 Å². The second-order valence-electron chi connectivity index (χ2n) is 7.51. The summed E-state index contributed by atoms with van der Waals surface area (Å²) in [6.07, 6.45) is 4.86. The first-order valence-electron chi connectivity index (χ1n) is 7.86. The summed E-state index contributed by atoms with van der Waals surface area (Å²) in [7, 11) is 0. The molecule has 2 rings (SSSR count). The molecule has 0 aromatic rings. The molecule has 3 unspecified atom stereocenters. The summed E-state index contributed by atoms with van der Waals surface area (Å²) in [6.45, 7) is 9.97. The molecular weight excluding hydrogens is 252 g/mol. The van der Waals surface area contributed by atoms with E-state index in [4.69, 9.17) is 0 Å². The predicted octanol–water partition coefficient (Wildman–Crippen LogP) is 2.33. The van der Waals surface area contributed by atoms with Crippen molar-refractivity contribution < 1.29 is 9.59 Å². The van der Waals surface area contributed by atoms with Gasteiger partial charge in [0.2, 0.25) is 11.8 Å². The van der Waals surface area contributed by atoms with Gasteiger partial charge < -0.3 is 10.2 Å². The van der Waals surface area contributed by atoms with Crippen LogP contribution in [0.5, 0.6) is 0 Å². The largest absolute Gasteiger partial charge is 0.342 e. The Hall–Kier alpha value is -1.06. The van der Waals surface area contributed by atoms with Crippen molar-refractivity contribution in [1.29, 1.82) is 0 Å². The van der Waals surface area contributed by atoms with E-state index in [0.29, 0.717) is 5.92 Å². The Bertz CT molecular complexity index is 394. The molecule has 1 saturated heterocycles. The summed E-state index contributed by atoms with van der Waals surface area (Å²) in [5, 5.41) is 2.90. The second kappa shape index (κ2) is 5.38. The lowest BCUT2D eigenvalue weighted by Gasteiger charge is -2.46. The molecule has 4 heteroatoms. The van der Waals surface area contributed by atoms with Gasteiger partial charge in [-0.15, -0.1) is 0 Å². The number of nitrogens with zero attached hydrogens (tertiary/aromatic N) is 1. The van der Waals surface area contributed by atoms with Crippen LogP contribution >= 0.6 is 0 Å². The third-order valence-electron chi connectivity index (χ3n) is 4.97. The first-order chi connectivity index (χ1) is 9.23. The summed E-state index contributed by atoms with van der Waals surface area (Å²) in [6, 6.07) is -0.595. The minimum Gasteiger partial charge on any atom is -0.342 e. The van der Waals surface area contributed by atoms with Gasteiger partial charge in [0.25, 0.3) is 0 Å². The molecule has 20 heavy (non-hydrogen) atoms. The summed E-state index contributed by atoms with van der Waals surface area (Å²) < 4.78 is 0. The Kier molecular flexibility index (Phi) is 4.12.